The van der Waals surface area contributed by atoms with Crippen LogP contribution in [0.1, 0.15) is 228 Å². The number of hydrogen-bond donors (Lipinski definition) is 0. The summed E-state index contributed by atoms with van der Waals surface area (Å²) in [6, 6.07) is 25.0. The fourth-order valence-corrected chi connectivity index (χ4v) is 43.0. The summed E-state index contributed by atoms with van der Waals surface area (Å²) in [6.45, 7) is 57.3. The van der Waals surface area contributed by atoms with Crippen molar-refractivity contribution in [2.75, 3.05) is 0 Å². The molecule has 371 valence electrons. The Balaban J connectivity index is 1.77. The number of rotatable bonds is 9. The Morgan fingerprint density at radius 1 is 0.441 bits per heavy atom. The van der Waals surface area contributed by atoms with E-state index in [1.54, 1.807) is 0 Å². The molecule has 0 N–H and O–H groups in total. The van der Waals surface area contributed by atoms with Crippen LogP contribution in [0.25, 0.3) is 34.4 Å². The second-order valence-electron chi connectivity index (χ2n) is 29.0. The van der Waals surface area contributed by atoms with Gasteiger partial charge in [0.1, 0.15) is 0 Å². The van der Waals surface area contributed by atoms with Crippen LogP contribution >= 0.6 is 17.0 Å². The van der Waals surface area contributed by atoms with Gasteiger partial charge in [-0.15, -0.1) is 0 Å². The minimum atomic E-state index is -5.23. The molecule has 4 heteroatoms. The summed E-state index contributed by atoms with van der Waals surface area (Å²) < 4.78 is 0.0249. The van der Waals surface area contributed by atoms with Crippen molar-refractivity contribution in [3.05, 3.63) is 127 Å². The Bertz CT molecular complexity index is 2400. The SMILES string of the molecule is CC(C)CC1=Cc2c(ccc(C(C)(C)C)c2-c2cc(C(C)(C)C)cc(C(C)(C)C)c2)[CH]1[Zr]([Cl])([Cl])([CH]1C(CC(C)C)=Cc2c1ccc(C(C)(C)C)c2-c1cc(C(C)(C)C)cc(C(C)(C)C)c1)[SiH](C)C. The van der Waals surface area contributed by atoms with Crippen molar-refractivity contribution in [3.63, 3.8) is 0 Å². The first-order valence-corrected chi connectivity index (χ1v) is 42.6. The third-order valence-electron chi connectivity index (χ3n) is 15.6. The molecular formula is C64H93Cl2SiZr. The first-order valence-electron chi connectivity index (χ1n) is 26.3. The Hall–Kier alpha value is -1.96. The fraction of sp³-hybridized carbons (Fsp3) is 0.562. The van der Waals surface area contributed by atoms with E-state index in [-0.39, 0.29) is 39.7 Å². The summed E-state index contributed by atoms with van der Waals surface area (Å²) >= 11 is -5.23. The van der Waals surface area contributed by atoms with Gasteiger partial charge in [0.15, 0.2) is 0 Å². The van der Waals surface area contributed by atoms with Crippen molar-refractivity contribution in [1.82, 2.24) is 0 Å². The van der Waals surface area contributed by atoms with Gasteiger partial charge >= 0.3 is 430 Å². The molecule has 2 aliphatic carbocycles. The second kappa shape index (κ2) is 18.2. The molecule has 4 aromatic carbocycles. The molecule has 6 rings (SSSR count). The number of fused-ring (bicyclic) bond motifs is 2. The third kappa shape index (κ3) is 10.5. The van der Waals surface area contributed by atoms with Crippen molar-refractivity contribution in [1.29, 1.82) is 0 Å². The Labute approximate surface area is 426 Å². The molecule has 2 atom stereocenters. The van der Waals surface area contributed by atoms with Gasteiger partial charge in [-0.3, -0.25) is 0 Å². The average Bonchev–Trinajstić information content (AvgIpc) is 3.72. The van der Waals surface area contributed by atoms with E-state index in [1.807, 2.05) is 0 Å². The zero-order valence-electron chi connectivity index (χ0n) is 47.5. The summed E-state index contributed by atoms with van der Waals surface area (Å²) in [5.41, 5.74) is 21.9. The number of benzene rings is 4. The second-order valence-corrected chi connectivity index (χ2v) is 71.5. The van der Waals surface area contributed by atoms with E-state index in [0.717, 1.165) is 12.8 Å². The monoisotopic (exact) mass is 1050 g/mol. The van der Waals surface area contributed by atoms with Crippen LogP contribution in [0.2, 0.25) is 13.1 Å². The zero-order valence-corrected chi connectivity index (χ0v) is 52.6. The predicted octanol–water partition coefficient (Wildman–Crippen LogP) is 20.5. The van der Waals surface area contributed by atoms with Gasteiger partial charge in [0.25, 0.3) is 0 Å². The van der Waals surface area contributed by atoms with Crippen LogP contribution in [0.4, 0.5) is 0 Å². The van der Waals surface area contributed by atoms with E-state index in [9.17, 15) is 17.0 Å². The van der Waals surface area contributed by atoms with Crippen molar-refractivity contribution in [2.24, 2.45) is 11.8 Å². The molecular weight excluding hydrogens is 959 g/mol. The Morgan fingerprint density at radius 3 is 0.941 bits per heavy atom. The van der Waals surface area contributed by atoms with Crippen LogP contribution in [0.15, 0.2) is 71.8 Å². The van der Waals surface area contributed by atoms with Gasteiger partial charge in [0.2, 0.25) is 0 Å². The molecule has 0 bridgehead atoms. The van der Waals surface area contributed by atoms with Crippen molar-refractivity contribution >= 4 is 35.1 Å². The number of hydrogen-bond acceptors (Lipinski definition) is 0. The molecule has 0 amide bonds. The van der Waals surface area contributed by atoms with E-state index < -0.39 is 21.5 Å². The van der Waals surface area contributed by atoms with Crippen molar-refractivity contribution in [2.45, 2.75) is 218 Å². The summed E-state index contributed by atoms with van der Waals surface area (Å²) in [7, 11) is 18.6. The maximum atomic E-state index is 9.31. The molecule has 0 saturated heterocycles. The molecule has 0 heterocycles. The van der Waals surface area contributed by atoms with E-state index >= 15 is 0 Å². The third-order valence-corrected chi connectivity index (χ3v) is 67.4. The van der Waals surface area contributed by atoms with Gasteiger partial charge in [-0.1, -0.05) is 0 Å². The standard InChI is InChI=1S/2C31H43.C2H7Si.2ClH.Zr/c2*1-20(2)14-21-15-22-12-13-27(31(9,10)11)28(26(22)16-21)23-17-24(29(3,4)5)19-25(18-23)30(6,7)8;1-3-2;;;/h2*12-13,15-20H,14H2,1-11H3;3H,1-2H3;2*1H;/q;;;;;+2/p-2. The Kier molecular flexibility index (Phi) is 14.8. The normalized spacial score (nSPS) is 18.0. The van der Waals surface area contributed by atoms with Crippen LogP contribution < -0.4 is 0 Å². The first-order chi connectivity index (χ1) is 30.7. The summed E-state index contributed by atoms with van der Waals surface area (Å²) in [5.74, 6) is -0.933. The summed E-state index contributed by atoms with van der Waals surface area (Å²) in [5, 5.41) is 0. The molecule has 0 nitrogen and oxygen atoms in total. The fourth-order valence-electron chi connectivity index (χ4n) is 11.6. The van der Waals surface area contributed by atoms with Crippen LogP contribution in [0.3, 0.4) is 0 Å². The summed E-state index contributed by atoms with van der Waals surface area (Å²) in [4.78, 5) is 0. The topological polar surface area (TPSA) is 0 Å². The van der Waals surface area contributed by atoms with Crippen LogP contribution in [-0.2, 0) is 48.0 Å². The van der Waals surface area contributed by atoms with Gasteiger partial charge in [-0.2, -0.15) is 0 Å². The molecule has 0 aromatic heterocycles. The van der Waals surface area contributed by atoms with Gasteiger partial charge in [0, 0.05) is 0 Å². The predicted molar refractivity (Wildman–Crippen MR) is 307 cm³/mol. The van der Waals surface area contributed by atoms with E-state index in [1.165, 1.54) is 89.0 Å². The molecule has 0 aliphatic heterocycles. The van der Waals surface area contributed by atoms with Crippen LogP contribution in [-0.4, -0.2) is 5.92 Å². The van der Waals surface area contributed by atoms with Crippen molar-refractivity contribution in [3.8, 4) is 22.3 Å². The number of halogens is 2. The van der Waals surface area contributed by atoms with Gasteiger partial charge in [0.05, 0.1) is 0 Å². The minimum absolute atomic E-state index is 0.00863. The maximum absolute atomic E-state index is 9.31. The first kappa shape index (κ1) is 55.4. The van der Waals surface area contributed by atoms with Crippen LogP contribution in [0.5, 0.6) is 0 Å². The van der Waals surface area contributed by atoms with Gasteiger partial charge in [-0.25, -0.2) is 0 Å². The molecule has 2 unspecified atom stereocenters. The average molecular weight is 1050 g/mol. The van der Waals surface area contributed by atoms with E-state index in [0.29, 0.717) is 11.8 Å². The molecule has 68 heavy (non-hydrogen) atoms. The molecule has 2 aliphatic rings. The van der Waals surface area contributed by atoms with Gasteiger partial charge in [-0.05, 0) is 0 Å². The van der Waals surface area contributed by atoms with E-state index in [4.69, 9.17) is 0 Å². The number of allylic oxidation sites excluding steroid dienone is 2. The summed E-state index contributed by atoms with van der Waals surface area (Å²) in [6.07, 6.45) is 7.22. The molecule has 0 radical (unpaired) electrons. The van der Waals surface area contributed by atoms with Gasteiger partial charge < -0.3 is 0 Å². The van der Waals surface area contributed by atoms with Crippen LogP contribution in [0, 0.1) is 11.8 Å². The molecule has 0 saturated carbocycles. The molecule has 0 fully saturated rings. The molecule has 4 aromatic rings. The van der Waals surface area contributed by atoms with E-state index in [2.05, 4.69) is 238 Å². The zero-order chi connectivity index (χ0) is 51.5. The molecule has 0 spiro atoms. The Morgan fingerprint density at radius 2 is 0.721 bits per heavy atom. The van der Waals surface area contributed by atoms with Crippen molar-refractivity contribution < 1.29 is 15.6 Å². The quantitative estimate of drug-likeness (QED) is 0.147.